The van der Waals surface area contributed by atoms with Crippen molar-refractivity contribution in [3.63, 3.8) is 0 Å². The molecule has 1 N–H and O–H groups in total. The zero-order valence-electron chi connectivity index (χ0n) is 10.6. The molecule has 3 nitrogen and oxygen atoms in total. The Balaban J connectivity index is 2.00. The number of hydrogen-bond donors (Lipinski definition) is 1. The molecule has 0 aromatic rings. The molecule has 16 heavy (non-hydrogen) atoms. The molecule has 2 fully saturated rings. The van der Waals surface area contributed by atoms with E-state index < -0.39 is 0 Å². The van der Waals surface area contributed by atoms with Crippen molar-refractivity contribution in [1.82, 2.24) is 5.32 Å². The van der Waals surface area contributed by atoms with E-state index in [-0.39, 0.29) is 5.60 Å². The summed E-state index contributed by atoms with van der Waals surface area (Å²) in [4.78, 5) is 0. The zero-order valence-corrected chi connectivity index (χ0v) is 10.6. The number of hydrogen-bond acceptors (Lipinski definition) is 3. The highest BCUT2D eigenvalue weighted by molar-refractivity contribution is 4.97. The van der Waals surface area contributed by atoms with Crippen molar-refractivity contribution in [1.29, 1.82) is 0 Å². The molecule has 0 radical (unpaired) electrons. The van der Waals surface area contributed by atoms with Crippen LogP contribution < -0.4 is 5.32 Å². The number of likely N-dealkylation sites (N-methyl/N-ethyl adjacent to an activating group) is 1. The molecule has 0 spiro atoms. The molecule has 0 amide bonds. The van der Waals surface area contributed by atoms with Crippen molar-refractivity contribution in [2.45, 2.75) is 50.7 Å². The smallest absolute Gasteiger partial charge is 0.0874 e. The van der Waals surface area contributed by atoms with Crippen molar-refractivity contribution >= 4 is 0 Å². The Morgan fingerprint density at radius 1 is 1.38 bits per heavy atom. The summed E-state index contributed by atoms with van der Waals surface area (Å²) in [5.74, 6) is 0.943. The molecule has 0 aromatic heterocycles. The third-order valence-electron chi connectivity index (χ3n) is 4.10. The van der Waals surface area contributed by atoms with Crippen LogP contribution in [0, 0.1) is 5.92 Å². The van der Waals surface area contributed by atoms with Crippen molar-refractivity contribution < 1.29 is 9.47 Å². The molecule has 1 saturated heterocycles. The van der Waals surface area contributed by atoms with E-state index in [1.165, 1.54) is 19.3 Å². The van der Waals surface area contributed by atoms with E-state index in [9.17, 15) is 0 Å². The fourth-order valence-corrected chi connectivity index (χ4v) is 2.83. The molecule has 3 heteroatoms. The molecule has 1 atom stereocenters. The minimum absolute atomic E-state index is 0.0247. The standard InChI is InChI=1S/C13H25NO2/c1-3-14-12(10-11-4-5-11)13(15-2)6-8-16-9-7-13/h11-12,14H,3-10H2,1-2H3. The van der Waals surface area contributed by atoms with E-state index in [1.54, 1.807) is 0 Å². The van der Waals surface area contributed by atoms with Crippen molar-refractivity contribution in [3.05, 3.63) is 0 Å². The van der Waals surface area contributed by atoms with Crippen molar-refractivity contribution in [2.75, 3.05) is 26.9 Å². The Bertz CT molecular complexity index is 210. The molecule has 2 aliphatic rings. The van der Waals surface area contributed by atoms with Gasteiger partial charge in [0.05, 0.1) is 5.60 Å². The van der Waals surface area contributed by atoms with Gasteiger partial charge in [-0.05, 0) is 18.9 Å². The van der Waals surface area contributed by atoms with Gasteiger partial charge in [0, 0.05) is 39.2 Å². The average molecular weight is 227 g/mol. The quantitative estimate of drug-likeness (QED) is 0.752. The lowest BCUT2D eigenvalue weighted by molar-refractivity contribution is -0.112. The van der Waals surface area contributed by atoms with Gasteiger partial charge in [-0.25, -0.2) is 0 Å². The van der Waals surface area contributed by atoms with Gasteiger partial charge in [-0.15, -0.1) is 0 Å². The van der Waals surface area contributed by atoms with Crippen LogP contribution in [0.25, 0.3) is 0 Å². The maximum absolute atomic E-state index is 5.88. The van der Waals surface area contributed by atoms with Crippen molar-refractivity contribution in [2.24, 2.45) is 5.92 Å². The summed E-state index contributed by atoms with van der Waals surface area (Å²) in [6.45, 7) is 4.91. The van der Waals surface area contributed by atoms with E-state index >= 15 is 0 Å². The summed E-state index contributed by atoms with van der Waals surface area (Å²) in [6, 6.07) is 0.513. The first kappa shape index (κ1) is 12.3. The second kappa shape index (κ2) is 5.48. The molecule has 1 saturated carbocycles. The van der Waals surface area contributed by atoms with Crippen LogP contribution in [0.15, 0.2) is 0 Å². The molecule has 0 bridgehead atoms. The van der Waals surface area contributed by atoms with Gasteiger partial charge >= 0.3 is 0 Å². The summed E-state index contributed by atoms with van der Waals surface area (Å²) in [7, 11) is 1.86. The van der Waals surface area contributed by atoms with Crippen LogP contribution in [-0.4, -0.2) is 38.5 Å². The average Bonchev–Trinajstić information content (AvgIpc) is 3.13. The molecular formula is C13H25NO2. The Morgan fingerprint density at radius 3 is 2.56 bits per heavy atom. The summed E-state index contributed by atoms with van der Waals surface area (Å²) in [5, 5.41) is 3.63. The molecule has 1 aliphatic heterocycles. The first-order valence-corrected chi connectivity index (χ1v) is 6.67. The third-order valence-corrected chi connectivity index (χ3v) is 4.10. The minimum Gasteiger partial charge on any atom is -0.381 e. The fourth-order valence-electron chi connectivity index (χ4n) is 2.83. The van der Waals surface area contributed by atoms with Crippen LogP contribution in [0.3, 0.4) is 0 Å². The van der Waals surface area contributed by atoms with Gasteiger partial charge in [0.2, 0.25) is 0 Å². The molecule has 2 rings (SSSR count). The first-order valence-electron chi connectivity index (χ1n) is 6.67. The third kappa shape index (κ3) is 2.76. The first-order chi connectivity index (χ1) is 7.80. The van der Waals surface area contributed by atoms with Gasteiger partial charge in [0.15, 0.2) is 0 Å². The highest BCUT2D eigenvalue weighted by Gasteiger charge is 2.42. The van der Waals surface area contributed by atoms with E-state index in [2.05, 4.69) is 12.2 Å². The lowest BCUT2D eigenvalue weighted by Crippen LogP contribution is -2.55. The molecular weight excluding hydrogens is 202 g/mol. The minimum atomic E-state index is 0.0247. The van der Waals surface area contributed by atoms with Gasteiger partial charge in [-0.2, -0.15) is 0 Å². The molecule has 1 heterocycles. The largest absolute Gasteiger partial charge is 0.381 e. The second-order valence-electron chi connectivity index (χ2n) is 5.17. The maximum atomic E-state index is 5.88. The van der Waals surface area contributed by atoms with E-state index in [0.717, 1.165) is 38.5 Å². The summed E-state index contributed by atoms with van der Waals surface area (Å²) < 4.78 is 11.3. The summed E-state index contributed by atoms with van der Waals surface area (Å²) >= 11 is 0. The normalized spacial score (nSPS) is 26.6. The highest BCUT2D eigenvalue weighted by Crippen LogP contribution is 2.39. The van der Waals surface area contributed by atoms with E-state index in [1.807, 2.05) is 7.11 Å². The van der Waals surface area contributed by atoms with Gasteiger partial charge in [0.25, 0.3) is 0 Å². The molecule has 1 aliphatic carbocycles. The zero-order chi connectivity index (χ0) is 11.4. The summed E-state index contributed by atoms with van der Waals surface area (Å²) in [6.07, 6.45) is 6.18. The Hall–Kier alpha value is -0.120. The lowest BCUT2D eigenvalue weighted by Gasteiger charge is -2.43. The predicted molar refractivity (Wildman–Crippen MR) is 64.6 cm³/mol. The highest BCUT2D eigenvalue weighted by atomic mass is 16.5. The predicted octanol–water partition coefficient (Wildman–Crippen LogP) is 1.96. The van der Waals surface area contributed by atoms with Crippen LogP contribution in [-0.2, 0) is 9.47 Å². The van der Waals surface area contributed by atoms with E-state index in [0.29, 0.717) is 6.04 Å². The topological polar surface area (TPSA) is 30.5 Å². The number of ether oxygens (including phenoxy) is 2. The lowest BCUT2D eigenvalue weighted by atomic mass is 9.83. The van der Waals surface area contributed by atoms with Gasteiger partial charge in [-0.1, -0.05) is 19.8 Å². The second-order valence-corrected chi connectivity index (χ2v) is 5.17. The Labute approximate surface area is 98.9 Å². The Morgan fingerprint density at radius 2 is 2.06 bits per heavy atom. The van der Waals surface area contributed by atoms with Crippen molar-refractivity contribution in [3.8, 4) is 0 Å². The molecule has 1 unspecified atom stereocenters. The van der Waals surface area contributed by atoms with Gasteiger partial charge in [0.1, 0.15) is 0 Å². The van der Waals surface area contributed by atoms with Gasteiger partial charge < -0.3 is 14.8 Å². The maximum Gasteiger partial charge on any atom is 0.0874 e. The number of rotatable bonds is 6. The Kier molecular flexibility index (Phi) is 4.22. The number of nitrogens with one attached hydrogen (secondary N) is 1. The number of methoxy groups -OCH3 is 1. The SMILES string of the molecule is CCNC(CC1CC1)C1(OC)CCOCC1. The van der Waals surface area contributed by atoms with E-state index in [4.69, 9.17) is 9.47 Å². The van der Waals surface area contributed by atoms with Crippen LogP contribution in [0.1, 0.15) is 39.0 Å². The fraction of sp³-hybridized carbons (Fsp3) is 1.00. The van der Waals surface area contributed by atoms with Gasteiger partial charge in [-0.3, -0.25) is 0 Å². The summed E-state index contributed by atoms with van der Waals surface area (Å²) in [5.41, 5.74) is 0.0247. The van der Waals surface area contributed by atoms with Crippen LogP contribution in [0.2, 0.25) is 0 Å². The molecule has 94 valence electrons. The van der Waals surface area contributed by atoms with Crippen LogP contribution >= 0.6 is 0 Å². The molecule has 0 aromatic carbocycles. The monoisotopic (exact) mass is 227 g/mol. The van der Waals surface area contributed by atoms with Crippen LogP contribution in [0.5, 0.6) is 0 Å². The van der Waals surface area contributed by atoms with Crippen LogP contribution in [0.4, 0.5) is 0 Å².